The number of carbonyl (C=O) groups is 3. The number of nitrogens with one attached hydrogen (secondary N) is 1. The number of rotatable bonds is 2. The number of allylic oxidation sites excluding steroid dienone is 2. The zero-order chi connectivity index (χ0) is 13.8. The standard InChI is InChI=1S/C14H10FNO3/c15-10-6-4-9(5-7-10)2-1-3-11-12(17)8-13(18)16-14(11)19/h1-7H,8H2,(H,16,18,19)/b2-1+,11-3+. The van der Waals surface area contributed by atoms with E-state index in [9.17, 15) is 18.8 Å². The molecule has 0 bridgehead atoms. The fourth-order valence-corrected chi connectivity index (χ4v) is 1.60. The van der Waals surface area contributed by atoms with Crippen molar-refractivity contribution in [2.24, 2.45) is 0 Å². The SMILES string of the molecule is O=C1CC(=O)/C(=C\C=C\c2ccc(F)cc2)C(=O)N1. The third-order valence-corrected chi connectivity index (χ3v) is 2.54. The Labute approximate surface area is 108 Å². The zero-order valence-corrected chi connectivity index (χ0v) is 9.85. The van der Waals surface area contributed by atoms with Gasteiger partial charge < -0.3 is 0 Å². The van der Waals surface area contributed by atoms with Gasteiger partial charge >= 0.3 is 0 Å². The Morgan fingerprint density at radius 3 is 2.42 bits per heavy atom. The van der Waals surface area contributed by atoms with Crippen LogP contribution in [0.5, 0.6) is 0 Å². The molecular weight excluding hydrogens is 249 g/mol. The molecule has 0 spiro atoms. The number of Topliss-reactive ketones (excluding diaryl/α,β-unsaturated/α-hetero) is 1. The van der Waals surface area contributed by atoms with E-state index in [2.05, 4.69) is 5.32 Å². The lowest BCUT2D eigenvalue weighted by Gasteiger charge is -2.11. The third kappa shape index (κ3) is 3.22. The van der Waals surface area contributed by atoms with Gasteiger partial charge in [-0.05, 0) is 23.8 Å². The van der Waals surface area contributed by atoms with Gasteiger partial charge in [-0.15, -0.1) is 0 Å². The van der Waals surface area contributed by atoms with Gasteiger partial charge in [-0.25, -0.2) is 4.39 Å². The van der Waals surface area contributed by atoms with Gasteiger partial charge in [-0.1, -0.05) is 24.3 Å². The van der Waals surface area contributed by atoms with E-state index < -0.39 is 17.6 Å². The Bertz CT molecular complexity index is 578. The lowest BCUT2D eigenvalue weighted by atomic mass is 10.0. The van der Waals surface area contributed by atoms with Crippen LogP contribution in [-0.2, 0) is 14.4 Å². The van der Waals surface area contributed by atoms with Gasteiger partial charge in [-0.3, -0.25) is 19.7 Å². The Morgan fingerprint density at radius 2 is 1.79 bits per heavy atom. The number of carbonyl (C=O) groups excluding carboxylic acids is 3. The summed E-state index contributed by atoms with van der Waals surface area (Å²) in [6.45, 7) is 0. The molecule has 1 fully saturated rings. The summed E-state index contributed by atoms with van der Waals surface area (Å²) < 4.78 is 12.7. The first-order valence-electron chi connectivity index (χ1n) is 5.57. The van der Waals surface area contributed by atoms with Crippen LogP contribution in [-0.4, -0.2) is 17.6 Å². The number of hydrogen-bond acceptors (Lipinski definition) is 3. The van der Waals surface area contributed by atoms with Crippen molar-refractivity contribution in [1.29, 1.82) is 0 Å². The molecule has 1 aromatic carbocycles. The van der Waals surface area contributed by atoms with E-state index in [1.54, 1.807) is 18.2 Å². The molecule has 19 heavy (non-hydrogen) atoms. The van der Waals surface area contributed by atoms with Gasteiger partial charge in [0.1, 0.15) is 5.82 Å². The van der Waals surface area contributed by atoms with Gasteiger partial charge in [0.25, 0.3) is 5.91 Å². The largest absolute Gasteiger partial charge is 0.293 e. The van der Waals surface area contributed by atoms with E-state index in [0.717, 1.165) is 5.56 Å². The van der Waals surface area contributed by atoms with Crippen molar-refractivity contribution in [3.05, 3.63) is 53.4 Å². The van der Waals surface area contributed by atoms with E-state index in [1.807, 2.05) is 0 Å². The third-order valence-electron chi connectivity index (χ3n) is 2.54. The zero-order valence-electron chi connectivity index (χ0n) is 9.85. The summed E-state index contributed by atoms with van der Waals surface area (Å²) >= 11 is 0. The predicted octanol–water partition coefficient (Wildman–Crippen LogP) is 1.38. The van der Waals surface area contributed by atoms with Gasteiger partial charge in [-0.2, -0.15) is 0 Å². The molecule has 0 saturated carbocycles. The van der Waals surface area contributed by atoms with Crippen molar-refractivity contribution in [2.75, 3.05) is 0 Å². The lowest BCUT2D eigenvalue weighted by molar-refractivity contribution is -0.134. The highest BCUT2D eigenvalue weighted by Crippen LogP contribution is 2.09. The van der Waals surface area contributed by atoms with Crippen molar-refractivity contribution in [3.8, 4) is 0 Å². The maximum atomic E-state index is 12.7. The Kier molecular flexibility index (Phi) is 3.66. The number of piperidine rings is 1. The molecule has 1 N–H and O–H groups in total. The molecule has 1 heterocycles. The highest BCUT2D eigenvalue weighted by Gasteiger charge is 2.27. The van der Waals surface area contributed by atoms with E-state index >= 15 is 0 Å². The van der Waals surface area contributed by atoms with Gasteiger partial charge in [0, 0.05) is 0 Å². The van der Waals surface area contributed by atoms with Gasteiger partial charge in [0.05, 0.1) is 12.0 Å². The molecule has 1 saturated heterocycles. The van der Waals surface area contributed by atoms with Crippen LogP contribution in [0.1, 0.15) is 12.0 Å². The highest BCUT2D eigenvalue weighted by atomic mass is 19.1. The summed E-state index contributed by atoms with van der Waals surface area (Å²) in [6, 6.07) is 5.75. The van der Waals surface area contributed by atoms with Crippen LogP contribution in [0.15, 0.2) is 42.0 Å². The number of benzene rings is 1. The molecule has 96 valence electrons. The Balaban J connectivity index is 2.13. The minimum atomic E-state index is -0.690. The first-order valence-corrected chi connectivity index (χ1v) is 5.57. The highest BCUT2D eigenvalue weighted by molar-refractivity contribution is 6.30. The first-order chi connectivity index (χ1) is 9.06. The minimum absolute atomic E-state index is 0.0574. The van der Waals surface area contributed by atoms with Crippen LogP contribution < -0.4 is 5.32 Å². The first kappa shape index (κ1) is 12.9. The second kappa shape index (κ2) is 5.39. The molecule has 0 radical (unpaired) electrons. The Morgan fingerprint density at radius 1 is 1.11 bits per heavy atom. The van der Waals surface area contributed by atoms with Crippen LogP contribution in [0.4, 0.5) is 4.39 Å². The predicted molar refractivity (Wildman–Crippen MR) is 66.3 cm³/mol. The summed E-state index contributed by atoms with van der Waals surface area (Å²) in [7, 11) is 0. The average Bonchev–Trinajstić information content (AvgIpc) is 2.34. The summed E-state index contributed by atoms with van der Waals surface area (Å²) in [5, 5.41) is 2.07. The topological polar surface area (TPSA) is 63.2 Å². The molecule has 1 aliphatic heterocycles. The van der Waals surface area contributed by atoms with Gasteiger partial charge in [0.15, 0.2) is 5.78 Å². The second-order valence-corrected chi connectivity index (χ2v) is 3.97. The van der Waals surface area contributed by atoms with Crippen molar-refractivity contribution in [3.63, 3.8) is 0 Å². The van der Waals surface area contributed by atoms with Crippen LogP contribution in [0, 0.1) is 5.82 Å². The monoisotopic (exact) mass is 259 g/mol. The lowest BCUT2D eigenvalue weighted by Crippen LogP contribution is -2.40. The van der Waals surface area contributed by atoms with Crippen molar-refractivity contribution >= 4 is 23.7 Å². The molecule has 4 nitrogen and oxygen atoms in total. The Hall–Kier alpha value is -2.56. The van der Waals surface area contributed by atoms with Crippen LogP contribution in [0.2, 0.25) is 0 Å². The number of imide groups is 1. The van der Waals surface area contributed by atoms with Crippen molar-refractivity contribution in [2.45, 2.75) is 6.42 Å². The summed E-state index contributed by atoms with van der Waals surface area (Å²) in [4.78, 5) is 33.8. The summed E-state index contributed by atoms with van der Waals surface area (Å²) in [5.41, 5.74) is 0.677. The van der Waals surface area contributed by atoms with Crippen molar-refractivity contribution in [1.82, 2.24) is 5.32 Å². The molecule has 1 aliphatic rings. The number of halogens is 1. The number of hydrogen-bond donors (Lipinski definition) is 1. The fraction of sp³-hybridized carbons (Fsp3) is 0.0714. The summed E-state index contributed by atoms with van der Waals surface area (Å²) in [5.74, 6) is -2.12. The van der Waals surface area contributed by atoms with E-state index in [-0.39, 0.29) is 17.8 Å². The molecule has 0 atom stereocenters. The molecule has 0 aromatic heterocycles. The molecule has 1 aromatic rings. The smallest absolute Gasteiger partial charge is 0.261 e. The fourth-order valence-electron chi connectivity index (χ4n) is 1.60. The average molecular weight is 259 g/mol. The molecule has 0 aliphatic carbocycles. The molecule has 2 amide bonds. The normalized spacial score (nSPS) is 18.2. The van der Waals surface area contributed by atoms with E-state index in [0.29, 0.717) is 0 Å². The summed E-state index contributed by atoms with van der Waals surface area (Å²) in [6.07, 6.45) is 4.16. The number of ketones is 1. The quantitative estimate of drug-likeness (QED) is 0.378. The van der Waals surface area contributed by atoms with Crippen molar-refractivity contribution < 1.29 is 18.8 Å². The molecule has 0 unspecified atom stereocenters. The van der Waals surface area contributed by atoms with Gasteiger partial charge in [0.2, 0.25) is 5.91 Å². The van der Waals surface area contributed by atoms with Crippen LogP contribution in [0.3, 0.4) is 0 Å². The van der Waals surface area contributed by atoms with Crippen LogP contribution in [0.25, 0.3) is 6.08 Å². The minimum Gasteiger partial charge on any atom is -0.293 e. The maximum Gasteiger partial charge on any atom is 0.261 e. The molecular formula is C14H10FNO3. The van der Waals surface area contributed by atoms with E-state index in [1.165, 1.54) is 24.3 Å². The maximum absolute atomic E-state index is 12.7. The van der Waals surface area contributed by atoms with Crippen LogP contribution >= 0.6 is 0 Å². The van der Waals surface area contributed by atoms with E-state index in [4.69, 9.17) is 0 Å². The number of amides is 2. The second-order valence-electron chi connectivity index (χ2n) is 3.97. The molecule has 5 heteroatoms. The molecule has 2 rings (SSSR count).